The molecule has 0 fully saturated rings. The summed E-state index contributed by atoms with van der Waals surface area (Å²) in [7, 11) is 3.93. The van der Waals surface area contributed by atoms with Crippen LogP contribution in [0.15, 0.2) is 59.6 Å². The minimum atomic E-state index is 0.993. The van der Waals surface area contributed by atoms with Gasteiger partial charge in [0.25, 0.3) is 0 Å². The van der Waals surface area contributed by atoms with Gasteiger partial charge in [0, 0.05) is 19.7 Å². The van der Waals surface area contributed by atoms with Gasteiger partial charge in [-0.25, -0.2) is 4.99 Å². The Balaban J connectivity index is 2.41. The van der Waals surface area contributed by atoms with Crippen molar-refractivity contribution in [3.63, 3.8) is 0 Å². The highest BCUT2D eigenvalue weighted by Crippen LogP contribution is 2.29. The van der Waals surface area contributed by atoms with E-state index < -0.39 is 0 Å². The average molecular weight is 224 g/mol. The fraction of sp³-hybridized carbons (Fsp3) is 0.133. The van der Waals surface area contributed by atoms with Gasteiger partial charge in [-0.05, 0) is 11.6 Å². The molecule has 0 spiro atoms. The van der Waals surface area contributed by atoms with Crippen molar-refractivity contribution in [3.8, 4) is 11.1 Å². The molecule has 86 valence electrons. The summed E-state index contributed by atoms with van der Waals surface area (Å²) < 4.78 is 0. The smallest absolute Gasteiger partial charge is 0.0907 e. The molecule has 2 aromatic carbocycles. The van der Waals surface area contributed by atoms with Crippen LogP contribution in [-0.4, -0.2) is 25.3 Å². The molecule has 2 heteroatoms. The summed E-state index contributed by atoms with van der Waals surface area (Å²) in [5.41, 5.74) is 3.35. The van der Waals surface area contributed by atoms with Crippen LogP contribution in [0.3, 0.4) is 0 Å². The molecule has 0 aliphatic carbocycles. The number of rotatable bonds is 3. The van der Waals surface area contributed by atoms with E-state index >= 15 is 0 Å². The van der Waals surface area contributed by atoms with E-state index in [4.69, 9.17) is 0 Å². The third-order valence-electron chi connectivity index (χ3n) is 2.42. The predicted octanol–water partition coefficient (Wildman–Crippen LogP) is 3.58. The van der Waals surface area contributed by atoms with Gasteiger partial charge in [-0.15, -0.1) is 0 Å². The summed E-state index contributed by atoms with van der Waals surface area (Å²) in [6.45, 7) is 0. The maximum Gasteiger partial charge on any atom is 0.0907 e. The third-order valence-corrected chi connectivity index (χ3v) is 2.42. The van der Waals surface area contributed by atoms with Crippen LogP contribution >= 0.6 is 0 Å². The van der Waals surface area contributed by atoms with Crippen molar-refractivity contribution in [1.29, 1.82) is 0 Å². The molecule has 0 bridgehead atoms. The minimum absolute atomic E-state index is 0.993. The molecular weight excluding hydrogens is 208 g/mol. The van der Waals surface area contributed by atoms with Gasteiger partial charge >= 0.3 is 0 Å². The number of aliphatic imine (C=N–C) groups is 1. The van der Waals surface area contributed by atoms with Crippen molar-refractivity contribution in [2.45, 2.75) is 0 Å². The van der Waals surface area contributed by atoms with Gasteiger partial charge in [-0.2, -0.15) is 0 Å². The molecule has 0 aliphatic heterocycles. The lowest BCUT2D eigenvalue weighted by atomic mass is 10.0. The monoisotopic (exact) mass is 224 g/mol. The van der Waals surface area contributed by atoms with Gasteiger partial charge in [0.1, 0.15) is 0 Å². The van der Waals surface area contributed by atoms with Gasteiger partial charge in [0.15, 0.2) is 0 Å². The van der Waals surface area contributed by atoms with Crippen LogP contribution in [0.1, 0.15) is 0 Å². The fourth-order valence-electron chi connectivity index (χ4n) is 1.63. The molecule has 2 aromatic rings. The first-order valence-corrected chi connectivity index (χ1v) is 5.62. The first-order chi connectivity index (χ1) is 8.27. The summed E-state index contributed by atoms with van der Waals surface area (Å²) in [4.78, 5) is 6.42. The van der Waals surface area contributed by atoms with Crippen LogP contribution in [0.5, 0.6) is 0 Å². The van der Waals surface area contributed by atoms with Gasteiger partial charge in [-0.1, -0.05) is 48.5 Å². The standard InChI is InChI=1S/C15H16N2/c1-17(2)12-16-15-11-7-6-10-14(15)13-8-4-3-5-9-13/h3-12H,1-2H3. The molecule has 0 unspecified atom stereocenters. The van der Waals surface area contributed by atoms with E-state index in [-0.39, 0.29) is 0 Å². The zero-order valence-corrected chi connectivity index (χ0v) is 10.2. The predicted molar refractivity (Wildman–Crippen MR) is 73.7 cm³/mol. The molecule has 0 saturated heterocycles. The zero-order chi connectivity index (χ0) is 12.1. The molecule has 0 N–H and O–H groups in total. The van der Waals surface area contributed by atoms with Crippen molar-refractivity contribution in [2.75, 3.05) is 14.1 Å². The number of hydrogen-bond acceptors (Lipinski definition) is 1. The number of hydrogen-bond donors (Lipinski definition) is 0. The lowest BCUT2D eigenvalue weighted by Gasteiger charge is -2.07. The summed E-state index contributed by atoms with van der Waals surface area (Å²) in [5, 5.41) is 0. The second kappa shape index (κ2) is 5.30. The molecule has 2 nitrogen and oxygen atoms in total. The Bertz CT molecular complexity index is 501. The molecule has 0 radical (unpaired) electrons. The lowest BCUT2D eigenvalue weighted by Crippen LogP contribution is -2.07. The Morgan fingerprint density at radius 2 is 1.53 bits per heavy atom. The normalized spacial score (nSPS) is 10.7. The molecule has 2 rings (SSSR count). The molecule has 0 aromatic heterocycles. The maximum absolute atomic E-state index is 4.48. The highest BCUT2D eigenvalue weighted by atomic mass is 15.1. The lowest BCUT2D eigenvalue weighted by molar-refractivity contribution is 0.643. The topological polar surface area (TPSA) is 15.6 Å². The number of para-hydroxylation sites is 1. The second-order valence-corrected chi connectivity index (χ2v) is 4.09. The van der Waals surface area contributed by atoms with E-state index in [9.17, 15) is 0 Å². The molecule has 17 heavy (non-hydrogen) atoms. The minimum Gasteiger partial charge on any atom is -0.369 e. The van der Waals surface area contributed by atoms with Gasteiger partial charge in [0.05, 0.1) is 12.0 Å². The van der Waals surface area contributed by atoms with Crippen LogP contribution < -0.4 is 0 Å². The van der Waals surface area contributed by atoms with Gasteiger partial charge < -0.3 is 4.90 Å². The molecule has 0 amide bonds. The van der Waals surface area contributed by atoms with Crippen LogP contribution in [0.2, 0.25) is 0 Å². The van der Waals surface area contributed by atoms with Crippen LogP contribution in [0.25, 0.3) is 11.1 Å². The van der Waals surface area contributed by atoms with E-state index in [0.29, 0.717) is 0 Å². The Labute approximate surface area is 102 Å². The van der Waals surface area contributed by atoms with E-state index in [1.165, 1.54) is 5.56 Å². The maximum atomic E-state index is 4.48. The molecule has 0 atom stereocenters. The molecule has 0 saturated carbocycles. The van der Waals surface area contributed by atoms with Gasteiger partial charge in [-0.3, -0.25) is 0 Å². The highest BCUT2D eigenvalue weighted by Gasteiger charge is 2.01. The molecular formula is C15H16N2. The largest absolute Gasteiger partial charge is 0.369 e. The number of benzene rings is 2. The Morgan fingerprint density at radius 3 is 2.24 bits per heavy atom. The van der Waals surface area contributed by atoms with E-state index in [2.05, 4.69) is 23.2 Å². The highest BCUT2D eigenvalue weighted by molar-refractivity contribution is 5.78. The summed E-state index contributed by atoms with van der Waals surface area (Å²) in [5.74, 6) is 0. The number of nitrogens with zero attached hydrogens (tertiary/aromatic N) is 2. The summed E-state index contributed by atoms with van der Waals surface area (Å²) in [6, 6.07) is 18.5. The first kappa shape index (κ1) is 11.4. The first-order valence-electron chi connectivity index (χ1n) is 5.62. The Hall–Kier alpha value is -2.09. The fourth-order valence-corrected chi connectivity index (χ4v) is 1.63. The summed E-state index contributed by atoms with van der Waals surface area (Å²) in [6.07, 6.45) is 1.82. The van der Waals surface area contributed by atoms with Crippen molar-refractivity contribution >= 4 is 12.0 Å². The zero-order valence-electron chi connectivity index (χ0n) is 10.2. The molecule has 0 heterocycles. The Kier molecular flexibility index (Phi) is 3.55. The van der Waals surface area contributed by atoms with Crippen molar-refractivity contribution in [1.82, 2.24) is 4.90 Å². The SMILES string of the molecule is CN(C)C=Nc1ccccc1-c1ccccc1. The van der Waals surface area contributed by atoms with Gasteiger partial charge in [0.2, 0.25) is 0 Å². The van der Waals surface area contributed by atoms with E-state index in [1.807, 2.05) is 61.7 Å². The third kappa shape index (κ3) is 2.94. The van der Waals surface area contributed by atoms with Crippen LogP contribution in [0, 0.1) is 0 Å². The van der Waals surface area contributed by atoms with Crippen molar-refractivity contribution in [3.05, 3.63) is 54.6 Å². The van der Waals surface area contributed by atoms with Crippen LogP contribution in [0.4, 0.5) is 5.69 Å². The van der Waals surface area contributed by atoms with E-state index in [0.717, 1.165) is 11.3 Å². The Morgan fingerprint density at radius 1 is 0.882 bits per heavy atom. The molecule has 0 aliphatic rings. The van der Waals surface area contributed by atoms with Crippen molar-refractivity contribution < 1.29 is 0 Å². The van der Waals surface area contributed by atoms with Crippen molar-refractivity contribution in [2.24, 2.45) is 4.99 Å². The average Bonchev–Trinajstić information content (AvgIpc) is 2.38. The quantitative estimate of drug-likeness (QED) is 0.575. The second-order valence-electron chi connectivity index (χ2n) is 4.09. The van der Waals surface area contributed by atoms with Crippen LogP contribution in [-0.2, 0) is 0 Å². The van der Waals surface area contributed by atoms with E-state index in [1.54, 1.807) is 0 Å². The summed E-state index contributed by atoms with van der Waals surface area (Å²) >= 11 is 0.